The van der Waals surface area contributed by atoms with Gasteiger partial charge in [0.25, 0.3) is 5.91 Å². The van der Waals surface area contributed by atoms with E-state index < -0.39 is 0 Å². The third kappa shape index (κ3) is 4.36. The second-order valence-corrected chi connectivity index (χ2v) is 8.62. The topological polar surface area (TPSA) is 114 Å². The molecular formula is C24H29N7O2. The maximum absolute atomic E-state index is 13.1. The van der Waals surface area contributed by atoms with Crippen molar-refractivity contribution in [1.29, 1.82) is 0 Å². The number of nitrogens with two attached hydrogens (primary N) is 1. The molecule has 33 heavy (non-hydrogen) atoms. The number of nitrogens with one attached hydrogen (secondary N) is 2. The molecule has 0 unspecified atom stereocenters. The highest BCUT2D eigenvalue weighted by atomic mass is 16.5. The molecule has 1 atom stereocenters. The van der Waals surface area contributed by atoms with Crippen LogP contribution >= 0.6 is 0 Å². The first-order valence-corrected chi connectivity index (χ1v) is 11.4. The second kappa shape index (κ2) is 9.11. The molecule has 9 heteroatoms. The van der Waals surface area contributed by atoms with E-state index in [1.54, 1.807) is 36.6 Å². The van der Waals surface area contributed by atoms with E-state index in [1.807, 2.05) is 0 Å². The molecule has 9 nitrogen and oxygen atoms in total. The molecule has 172 valence electrons. The average molecular weight is 448 g/mol. The summed E-state index contributed by atoms with van der Waals surface area (Å²) in [6.45, 7) is 2.29. The van der Waals surface area contributed by atoms with Gasteiger partial charge in [0, 0.05) is 31.5 Å². The van der Waals surface area contributed by atoms with E-state index in [1.165, 1.54) is 5.57 Å². The summed E-state index contributed by atoms with van der Waals surface area (Å²) >= 11 is 0. The number of methoxy groups -OCH3 is 1. The number of carbonyl (C=O) groups is 1. The van der Waals surface area contributed by atoms with Crippen molar-refractivity contribution in [2.45, 2.75) is 38.3 Å². The van der Waals surface area contributed by atoms with Crippen LogP contribution in [0.25, 0.3) is 11.0 Å². The number of amides is 1. The van der Waals surface area contributed by atoms with Gasteiger partial charge in [0.15, 0.2) is 5.75 Å². The summed E-state index contributed by atoms with van der Waals surface area (Å²) in [6, 6.07) is 0.101. The molecule has 1 aliphatic heterocycles. The summed E-state index contributed by atoms with van der Waals surface area (Å²) < 4.78 is 7.44. The number of ether oxygens (including phenoxy) is 1. The number of hydrogen-bond donors (Lipinski definition) is 3. The number of pyridine rings is 1. The first-order valence-electron chi connectivity index (χ1n) is 11.4. The summed E-state index contributed by atoms with van der Waals surface area (Å²) in [5.74, 6) is 0.443. The maximum atomic E-state index is 13.1. The molecule has 1 fully saturated rings. The highest BCUT2D eigenvalue weighted by molar-refractivity contribution is 6.12. The van der Waals surface area contributed by atoms with Crippen molar-refractivity contribution in [3.63, 3.8) is 0 Å². The van der Waals surface area contributed by atoms with Crippen LogP contribution in [0.3, 0.4) is 0 Å². The second-order valence-electron chi connectivity index (χ2n) is 8.62. The molecule has 1 saturated heterocycles. The molecule has 0 spiro atoms. The minimum Gasteiger partial charge on any atom is -0.493 e. The fourth-order valence-electron chi connectivity index (χ4n) is 4.59. The van der Waals surface area contributed by atoms with Gasteiger partial charge in [-0.25, -0.2) is 4.98 Å². The van der Waals surface area contributed by atoms with Crippen LogP contribution < -0.4 is 20.7 Å². The number of nitrogens with zero attached hydrogens (tertiary/aromatic N) is 4. The molecule has 1 aliphatic carbocycles. The Morgan fingerprint density at radius 1 is 1.39 bits per heavy atom. The molecule has 0 bridgehead atoms. The summed E-state index contributed by atoms with van der Waals surface area (Å²) in [4.78, 5) is 22.9. The van der Waals surface area contributed by atoms with Gasteiger partial charge in [-0.05, 0) is 31.3 Å². The van der Waals surface area contributed by atoms with Crippen LogP contribution in [0, 0.1) is 0 Å². The maximum Gasteiger partial charge on any atom is 0.258 e. The van der Waals surface area contributed by atoms with Crippen molar-refractivity contribution in [3.8, 4) is 5.75 Å². The first kappa shape index (κ1) is 21.3. The number of rotatable bonds is 6. The monoisotopic (exact) mass is 447 g/mol. The Hall–Kier alpha value is -3.59. The minimum absolute atomic E-state index is 0.101. The van der Waals surface area contributed by atoms with Crippen molar-refractivity contribution in [3.05, 3.63) is 54.2 Å². The van der Waals surface area contributed by atoms with E-state index in [4.69, 9.17) is 10.5 Å². The molecular weight excluding hydrogens is 418 g/mol. The number of anilines is 2. The third-order valence-corrected chi connectivity index (χ3v) is 6.24. The van der Waals surface area contributed by atoms with Gasteiger partial charge in [-0.1, -0.05) is 18.2 Å². The zero-order valence-electron chi connectivity index (χ0n) is 18.8. The Balaban J connectivity index is 1.42. The lowest BCUT2D eigenvalue weighted by atomic mass is 10.0. The van der Waals surface area contributed by atoms with Gasteiger partial charge < -0.3 is 25.7 Å². The lowest BCUT2D eigenvalue weighted by Gasteiger charge is -2.34. The molecule has 4 heterocycles. The molecule has 2 aliphatic rings. The van der Waals surface area contributed by atoms with Crippen LogP contribution in [0.4, 0.5) is 11.4 Å². The molecule has 3 aromatic heterocycles. The number of piperidine rings is 1. The van der Waals surface area contributed by atoms with Gasteiger partial charge in [-0.3, -0.25) is 9.48 Å². The van der Waals surface area contributed by atoms with Crippen LogP contribution in [0.5, 0.6) is 5.75 Å². The predicted octanol–water partition coefficient (Wildman–Crippen LogP) is 3.22. The third-order valence-electron chi connectivity index (χ3n) is 6.24. The number of hydrogen-bond acceptors (Lipinski definition) is 6. The lowest BCUT2D eigenvalue weighted by molar-refractivity contribution is 0.102. The molecule has 0 saturated carbocycles. The fraction of sp³-hybridized carbons (Fsp3) is 0.375. The summed E-state index contributed by atoms with van der Waals surface area (Å²) in [5, 5.41) is 8.24. The Labute approximate surface area is 192 Å². The van der Waals surface area contributed by atoms with Crippen molar-refractivity contribution in [1.82, 2.24) is 19.7 Å². The highest BCUT2D eigenvalue weighted by Crippen LogP contribution is 2.40. The summed E-state index contributed by atoms with van der Waals surface area (Å²) in [6.07, 6.45) is 17.3. The van der Waals surface area contributed by atoms with Crippen LogP contribution in [0.2, 0.25) is 0 Å². The number of H-pyrrole nitrogens is 1. The summed E-state index contributed by atoms with van der Waals surface area (Å²) in [7, 11) is 1.63. The standard InChI is InChI=1S/C24H29N7O2/c1-33-20-12-27-23-21(22(20)30-9-5-8-18(25)15-30)19(11-26-23)29-24(32)17-10-28-31(14-17)13-16-6-3-2-4-7-16/h2-3,6,10-12,14,18H,4-5,7-9,13,15,25H2,1H3,(H,26,27)(H,29,32)/t18-/m1/s1. The number of carbonyl (C=O) groups excluding carboxylic acids is 1. The highest BCUT2D eigenvalue weighted by Gasteiger charge is 2.25. The average Bonchev–Trinajstić information content (AvgIpc) is 3.46. The Morgan fingerprint density at radius 3 is 3.09 bits per heavy atom. The number of aromatic amines is 1. The van der Waals surface area contributed by atoms with Gasteiger partial charge in [0.1, 0.15) is 5.65 Å². The van der Waals surface area contributed by atoms with Gasteiger partial charge >= 0.3 is 0 Å². The zero-order valence-corrected chi connectivity index (χ0v) is 18.8. The van der Waals surface area contributed by atoms with Gasteiger partial charge in [0.05, 0.1) is 48.4 Å². The number of fused-ring (bicyclic) bond motifs is 1. The Kier molecular flexibility index (Phi) is 5.87. The molecule has 3 aromatic rings. The molecule has 5 rings (SSSR count). The summed E-state index contributed by atoms with van der Waals surface area (Å²) in [5.41, 5.74) is 10.3. The quantitative estimate of drug-likeness (QED) is 0.535. The number of aromatic nitrogens is 4. The van der Waals surface area contributed by atoms with Crippen molar-refractivity contribution in [2.24, 2.45) is 5.73 Å². The van der Waals surface area contributed by atoms with E-state index in [9.17, 15) is 4.79 Å². The van der Waals surface area contributed by atoms with Crippen LogP contribution in [-0.4, -0.2) is 51.9 Å². The van der Waals surface area contributed by atoms with Gasteiger partial charge in [-0.15, -0.1) is 0 Å². The van der Waals surface area contributed by atoms with Crippen LogP contribution in [-0.2, 0) is 6.54 Å². The van der Waals surface area contributed by atoms with Crippen molar-refractivity contribution >= 4 is 28.3 Å². The SMILES string of the molecule is COc1cnc2[nH]cc(NC(=O)c3cnn(CC4=CC=CCC4)c3)c2c1N1CCC[C@@H](N)C1. The van der Waals surface area contributed by atoms with E-state index in [0.717, 1.165) is 49.8 Å². The van der Waals surface area contributed by atoms with Gasteiger partial charge in [-0.2, -0.15) is 5.10 Å². The molecule has 1 amide bonds. The van der Waals surface area contributed by atoms with Crippen LogP contribution in [0.15, 0.2) is 48.6 Å². The molecule has 4 N–H and O–H groups in total. The molecule has 0 aromatic carbocycles. The smallest absolute Gasteiger partial charge is 0.258 e. The largest absolute Gasteiger partial charge is 0.493 e. The Morgan fingerprint density at radius 2 is 2.30 bits per heavy atom. The fourth-order valence-corrected chi connectivity index (χ4v) is 4.59. The molecule has 0 radical (unpaired) electrons. The van der Waals surface area contributed by atoms with Crippen molar-refractivity contribution in [2.75, 3.05) is 30.4 Å². The predicted molar refractivity (Wildman–Crippen MR) is 129 cm³/mol. The van der Waals surface area contributed by atoms with E-state index >= 15 is 0 Å². The minimum atomic E-state index is -0.219. The number of allylic oxidation sites excluding steroid dienone is 4. The van der Waals surface area contributed by atoms with E-state index in [-0.39, 0.29) is 11.9 Å². The Bertz CT molecular complexity index is 1220. The lowest BCUT2D eigenvalue weighted by Crippen LogP contribution is -2.43. The van der Waals surface area contributed by atoms with E-state index in [0.29, 0.717) is 29.2 Å². The van der Waals surface area contributed by atoms with Gasteiger partial charge in [0.2, 0.25) is 0 Å². The van der Waals surface area contributed by atoms with Crippen LogP contribution in [0.1, 0.15) is 36.0 Å². The van der Waals surface area contributed by atoms with Crippen molar-refractivity contribution < 1.29 is 9.53 Å². The van der Waals surface area contributed by atoms with E-state index in [2.05, 4.69) is 43.5 Å². The first-order chi connectivity index (χ1) is 16.1. The normalized spacial score (nSPS) is 18.4. The zero-order chi connectivity index (χ0) is 22.8.